The summed E-state index contributed by atoms with van der Waals surface area (Å²) in [5.41, 5.74) is 0. The van der Waals surface area contributed by atoms with Gasteiger partial charge in [0, 0.05) is 25.9 Å². The van der Waals surface area contributed by atoms with Crippen molar-refractivity contribution in [3.63, 3.8) is 0 Å². The van der Waals surface area contributed by atoms with E-state index in [2.05, 4.69) is 42.8 Å². The van der Waals surface area contributed by atoms with Crippen LogP contribution in [0.1, 0.15) is 104 Å². The van der Waals surface area contributed by atoms with E-state index in [9.17, 15) is 14.4 Å². The minimum Gasteiger partial charge on any atom is -0.356 e. The highest BCUT2D eigenvalue weighted by Gasteiger charge is 2.21. The van der Waals surface area contributed by atoms with Gasteiger partial charge in [-0.1, -0.05) is 65.0 Å². The average molecular weight is 424 g/mol. The van der Waals surface area contributed by atoms with E-state index in [1.165, 1.54) is 25.7 Å². The van der Waals surface area contributed by atoms with Gasteiger partial charge in [0.15, 0.2) is 0 Å². The first-order valence-corrected chi connectivity index (χ1v) is 12.0. The van der Waals surface area contributed by atoms with Crippen molar-refractivity contribution in [3.8, 4) is 0 Å². The van der Waals surface area contributed by atoms with Crippen molar-refractivity contribution in [2.45, 2.75) is 110 Å². The van der Waals surface area contributed by atoms with Gasteiger partial charge in [0.1, 0.15) is 6.04 Å². The van der Waals surface area contributed by atoms with Crippen molar-refractivity contribution in [1.82, 2.24) is 16.0 Å². The molecule has 6 heteroatoms. The lowest BCUT2D eigenvalue weighted by molar-refractivity contribution is -0.129. The van der Waals surface area contributed by atoms with Crippen LogP contribution in [0.2, 0.25) is 0 Å². The normalized spacial score (nSPS) is 12.0. The fourth-order valence-electron chi connectivity index (χ4n) is 2.95. The zero-order valence-corrected chi connectivity index (χ0v) is 19.6. The number of carbonyl (C=O) groups is 3. The van der Waals surface area contributed by atoms with Crippen molar-refractivity contribution in [3.05, 3.63) is 12.2 Å². The second kappa shape index (κ2) is 20.4. The number of carbonyl (C=O) groups excluding carboxylic acids is 3. The van der Waals surface area contributed by atoms with Gasteiger partial charge in [0.2, 0.25) is 17.7 Å². The van der Waals surface area contributed by atoms with Crippen molar-refractivity contribution < 1.29 is 14.4 Å². The molecule has 0 aliphatic heterocycles. The van der Waals surface area contributed by atoms with Gasteiger partial charge < -0.3 is 16.0 Å². The lowest BCUT2D eigenvalue weighted by Gasteiger charge is -2.18. The Balaban J connectivity index is 4.38. The molecule has 30 heavy (non-hydrogen) atoms. The summed E-state index contributed by atoms with van der Waals surface area (Å²) in [7, 11) is 0. The largest absolute Gasteiger partial charge is 0.356 e. The molecule has 0 fully saturated rings. The monoisotopic (exact) mass is 423 g/mol. The van der Waals surface area contributed by atoms with Crippen molar-refractivity contribution in [2.75, 3.05) is 13.1 Å². The first-order valence-electron chi connectivity index (χ1n) is 12.0. The van der Waals surface area contributed by atoms with E-state index in [1.807, 2.05) is 6.08 Å². The number of rotatable bonds is 19. The highest BCUT2D eigenvalue weighted by molar-refractivity contribution is 5.88. The van der Waals surface area contributed by atoms with E-state index in [1.54, 1.807) is 0 Å². The topological polar surface area (TPSA) is 87.3 Å². The van der Waals surface area contributed by atoms with E-state index >= 15 is 0 Å². The first-order chi connectivity index (χ1) is 14.5. The fraction of sp³-hybridized carbons (Fsp3) is 0.792. The van der Waals surface area contributed by atoms with Crippen LogP contribution in [0.15, 0.2) is 12.2 Å². The van der Waals surface area contributed by atoms with Gasteiger partial charge in [0.05, 0.1) is 0 Å². The van der Waals surface area contributed by atoms with Gasteiger partial charge in [-0.3, -0.25) is 14.4 Å². The SMILES string of the molecule is CCCCCC/C=C/CCC(=O)N[C@@H](CCC(=O)NCCCC)C(=O)NCCCC. The van der Waals surface area contributed by atoms with Gasteiger partial charge >= 0.3 is 0 Å². The predicted octanol–water partition coefficient (Wildman–Crippen LogP) is 4.39. The van der Waals surface area contributed by atoms with Gasteiger partial charge in [-0.2, -0.15) is 0 Å². The van der Waals surface area contributed by atoms with Gasteiger partial charge in [-0.15, -0.1) is 0 Å². The molecule has 0 spiro atoms. The van der Waals surface area contributed by atoms with Crippen LogP contribution >= 0.6 is 0 Å². The lowest BCUT2D eigenvalue weighted by atomic mass is 10.1. The standard InChI is InChI=1S/C24H45N3O3/c1-4-7-10-11-12-13-14-15-16-23(29)27-21(24(30)26-20-9-6-3)17-18-22(28)25-19-8-5-2/h13-14,21H,4-12,15-20H2,1-3H3,(H,25,28)(H,26,30)(H,27,29)/b14-13+/t21-/m0/s1. The minimum absolute atomic E-state index is 0.0740. The molecule has 0 saturated heterocycles. The molecular formula is C24H45N3O3. The van der Waals surface area contributed by atoms with E-state index in [0.717, 1.165) is 32.1 Å². The van der Waals surface area contributed by atoms with E-state index in [4.69, 9.17) is 0 Å². The van der Waals surface area contributed by atoms with Crippen molar-refractivity contribution >= 4 is 17.7 Å². The van der Waals surface area contributed by atoms with Crippen molar-refractivity contribution in [1.29, 1.82) is 0 Å². The van der Waals surface area contributed by atoms with E-state index in [-0.39, 0.29) is 24.1 Å². The molecule has 0 rings (SSSR count). The Labute approximate surface area is 184 Å². The highest BCUT2D eigenvalue weighted by atomic mass is 16.2. The Bertz CT molecular complexity index is 492. The fourth-order valence-corrected chi connectivity index (χ4v) is 2.95. The molecule has 0 unspecified atom stereocenters. The van der Waals surface area contributed by atoms with Crippen LogP contribution in [0, 0.1) is 0 Å². The number of allylic oxidation sites excluding steroid dienone is 2. The summed E-state index contributed by atoms with van der Waals surface area (Å²) < 4.78 is 0. The minimum atomic E-state index is -0.663. The van der Waals surface area contributed by atoms with Gasteiger partial charge in [0.25, 0.3) is 0 Å². The van der Waals surface area contributed by atoms with Gasteiger partial charge in [-0.25, -0.2) is 0 Å². The summed E-state index contributed by atoms with van der Waals surface area (Å²) >= 11 is 0. The summed E-state index contributed by atoms with van der Waals surface area (Å²) in [6.07, 6.45) is 15.6. The third-order valence-corrected chi connectivity index (χ3v) is 4.92. The zero-order valence-electron chi connectivity index (χ0n) is 19.6. The first kappa shape index (κ1) is 28.1. The molecule has 3 amide bonds. The quantitative estimate of drug-likeness (QED) is 0.213. The summed E-state index contributed by atoms with van der Waals surface area (Å²) in [4.78, 5) is 36.7. The molecule has 0 aromatic heterocycles. The number of hydrogen-bond acceptors (Lipinski definition) is 3. The summed E-state index contributed by atoms with van der Waals surface area (Å²) in [6, 6.07) is -0.663. The third kappa shape index (κ3) is 17.0. The van der Waals surface area contributed by atoms with E-state index in [0.29, 0.717) is 32.4 Å². The molecule has 0 aromatic rings. The molecule has 1 atom stereocenters. The molecule has 3 N–H and O–H groups in total. The second-order valence-electron chi connectivity index (χ2n) is 7.87. The number of amides is 3. The van der Waals surface area contributed by atoms with Crippen molar-refractivity contribution in [2.24, 2.45) is 0 Å². The van der Waals surface area contributed by atoms with Crippen LogP contribution in [0.3, 0.4) is 0 Å². The molecule has 0 radical (unpaired) electrons. The maximum Gasteiger partial charge on any atom is 0.242 e. The Hall–Kier alpha value is -1.85. The van der Waals surface area contributed by atoms with Crippen LogP contribution in [-0.2, 0) is 14.4 Å². The highest BCUT2D eigenvalue weighted by Crippen LogP contribution is 2.05. The molecular weight excluding hydrogens is 378 g/mol. The third-order valence-electron chi connectivity index (χ3n) is 4.92. The van der Waals surface area contributed by atoms with Crippen LogP contribution in [0.4, 0.5) is 0 Å². The molecule has 0 aromatic carbocycles. The lowest BCUT2D eigenvalue weighted by Crippen LogP contribution is -2.47. The number of unbranched alkanes of at least 4 members (excludes halogenated alkanes) is 6. The van der Waals surface area contributed by atoms with Crippen LogP contribution in [0.5, 0.6) is 0 Å². The maximum absolute atomic E-state index is 12.5. The Kier molecular flexibility index (Phi) is 19.2. The average Bonchev–Trinajstić information content (AvgIpc) is 2.73. The second-order valence-corrected chi connectivity index (χ2v) is 7.87. The Morgan fingerprint density at radius 3 is 2.00 bits per heavy atom. The zero-order chi connectivity index (χ0) is 22.5. The van der Waals surface area contributed by atoms with Crippen LogP contribution in [-0.4, -0.2) is 36.9 Å². The van der Waals surface area contributed by atoms with Gasteiger partial charge in [-0.05, 0) is 38.5 Å². The predicted molar refractivity (Wildman–Crippen MR) is 124 cm³/mol. The van der Waals surface area contributed by atoms with E-state index < -0.39 is 6.04 Å². The number of nitrogens with one attached hydrogen (secondary N) is 3. The molecule has 0 aliphatic carbocycles. The molecule has 0 heterocycles. The Morgan fingerprint density at radius 2 is 1.33 bits per heavy atom. The Morgan fingerprint density at radius 1 is 0.700 bits per heavy atom. The maximum atomic E-state index is 12.5. The summed E-state index contributed by atoms with van der Waals surface area (Å²) in [6.45, 7) is 7.57. The smallest absolute Gasteiger partial charge is 0.242 e. The molecule has 0 aliphatic rings. The summed E-state index contributed by atoms with van der Waals surface area (Å²) in [5.74, 6) is -0.424. The van der Waals surface area contributed by atoms with Crippen LogP contribution in [0.25, 0.3) is 0 Å². The molecule has 174 valence electrons. The summed E-state index contributed by atoms with van der Waals surface area (Å²) in [5, 5.41) is 8.54. The molecule has 0 bridgehead atoms. The number of hydrogen-bond donors (Lipinski definition) is 3. The van der Waals surface area contributed by atoms with Crippen LogP contribution < -0.4 is 16.0 Å². The molecule has 6 nitrogen and oxygen atoms in total. The molecule has 0 saturated carbocycles.